The molecule has 2 aromatic rings. The number of hydrogen-bond donors (Lipinski definition) is 0. The quantitative estimate of drug-likeness (QED) is 0.802. The van der Waals surface area contributed by atoms with Crippen LogP contribution in [-0.4, -0.2) is 51.7 Å². The van der Waals surface area contributed by atoms with Gasteiger partial charge in [-0.1, -0.05) is 18.2 Å². The Hall–Kier alpha value is -2.81. The van der Waals surface area contributed by atoms with Crippen molar-refractivity contribution in [2.24, 2.45) is 5.92 Å². The highest BCUT2D eigenvalue weighted by molar-refractivity contribution is 5.77. The van der Waals surface area contributed by atoms with Crippen LogP contribution in [0.3, 0.4) is 0 Å². The van der Waals surface area contributed by atoms with E-state index in [1.165, 1.54) is 0 Å². The normalized spacial score (nSPS) is 20.4. The summed E-state index contributed by atoms with van der Waals surface area (Å²) >= 11 is 0. The summed E-state index contributed by atoms with van der Waals surface area (Å²) in [5, 5.41) is 13.6. The summed E-state index contributed by atoms with van der Waals surface area (Å²) in [5.74, 6) is 0.861. The van der Waals surface area contributed by atoms with Crippen LogP contribution in [0.25, 0.3) is 5.69 Å². The predicted molar refractivity (Wildman–Crippen MR) is 92.8 cm³/mol. The number of rotatable bonds is 4. The highest BCUT2D eigenvalue weighted by Crippen LogP contribution is 2.28. The molecule has 1 amide bonds. The molecule has 4 rings (SSSR count). The number of likely N-dealkylation sites (tertiary alicyclic amines) is 2. The van der Waals surface area contributed by atoms with Gasteiger partial charge >= 0.3 is 0 Å². The third-order valence-electron chi connectivity index (χ3n) is 5.17. The molecular weight excluding hydrogens is 314 g/mol. The largest absolute Gasteiger partial charge is 0.341 e. The standard InChI is InChI=1S/C19H21N5O/c20-14-22-8-6-15(11-22)10-19(25)23-12-16(13-23)18-7-9-24(21-18)17-4-2-1-3-5-17/h1-5,7,9,15-16H,6,8,10-13H2/t15-/m0/s1. The number of carbonyl (C=O) groups excluding carboxylic acids is 1. The minimum atomic E-state index is 0.212. The molecule has 1 atom stereocenters. The zero-order chi connectivity index (χ0) is 17.2. The summed E-state index contributed by atoms with van der Waals surface area (Å²) in [7, 11) is 0. The first kappa shape index (κ1) is 15.7. The monoisotopic (exact) mass is 335 g/mol. The SMILES string of the molecule is N#CN1CC[C@@H](CC(=O)N2CC(c3ccn(-c4ccccc4)n3)C2)C1. The maximum Gasteiger partial charge on any atom is 0.222 e. The van der Waals surface area contributed by atoms with Crippen LogP contribution in [0, 0.1) is 17.4 Å². The maximum atomic E-state index is 12.4. The Labute approximate surface area is 147 Å². The Morgan fingerprint density at radius 3 is 2.72 bits per heavy atom. The number of nitrogens with zero attached hydrogens (tertiary/aromatic N) is 5. The molecule has 6 nitrogen and oxygen atoms in total. The van der Waals surface area contributed by atoms with Crippen molar-refractivity contribution in [1.29, 1.82) is 5.26 Å². The molecule has 6 heteroatoms. The molecule has 2 aliphatic heterocycles. The van der Waals surface area contributed by atoms with Crippen molar-refractivity contribution in [3.63, 3.8) is 0 Å². The molecule has 0 saturated carbocycles. The van der Waals surface area contributed by atoms with Gasteiger partial charge in [0.15, 0.2) is 6.19 Å². The molecule has 0 spiro atoms. The molecule has 0 aliphatic carbocycles. The Balaban J connectivity index is 1.30. The summed E-state index contributed by atoms with van der Waals surface area (Å²) in [6.07, 6.45) is 5.64. The Morgan fingerprint density at radius 1 is 1.20 bits per heavy atom. The van der Waals surface area contributed by atoms with Gasteiger partial charge < -0.3 is 9.80 Å². The first-order valence-electron chi connectivity index (χ1n) is 8.76. The molecule has 0 radical (unpaired) electrons. The fourth-order valence-corrected chi connectivity index (χ4v) is 3.62. The summed E-state index contributed by atoms with van der Waals surface area (Å²) in [6, 6.07) is 12.1. The minimum absolute atomic E-state index is 0.212. The minimum Gasteiger partial charge on any atom is -0.341 e. The van der Waals surface area contributed by atoms with E-state index in [-0.39, 0.29) is 5.91 Å². The van der Waals surface area contributed by atoms with Gasteiger partial charge in [-0.15, -0.1) is 0 Å². The number of nitriles is 1. The summed E-state index contributed by atoms with van der Waals surface area (Å²) < 4.78 is 1.88. The fraction of sp³-hybridized carbons (Fsp3) is 0.421. The third kappa shape index (κ3) is 3.22. The second-order valence-corrected chi connectivity index (χ2v) is 6.92. The zero-order valence-electron chi connectivity index (χ0n) is 14.1. The van der Waals surface area contributed by atoms with Crippen molar-refractivity contribution in [3.8, 4) is 11.9 Å². The van der Waals surface area contributed by atoms with Gasteiger partial charge in [0, 0.05) is 44.7 Å². The van der Waals surface area contributed by atoms with Crippen molar-refractivity contribution in [2.75, 3.05) is 26.2 Å². The van der Waals surface area contributed by atoms with Gasteiger partial charge in [-0.3, -0.25) is 4.79 Å². The lowest BCUT2D eigenvalue weighted by molar-refractivity contribution is -0.136. The first-order valence-corrected chi connectivity index (χ1v) is 8.76. The smallest absolute Gasteiger partial charge is 0.222 e. The molecule has 0 N–H and O–H groups in total. The average Bonchev–Trinajstić information content (AvgIpc) is 3.24. The van der Waals surface area contributed by atoms with E-state index in [0.717, 1.165) is 44.0 Å². The maximum absolute atomic E-state index is 12.4. The van der Waals surface area contributed by atoms with Gasteiger partial charge in [0.2, 0.25) is 5.91 Å². The average molecular weight is 335 g/mol. The van der Waals surface area contributed by atoms with Gasteiger partial charge in [-0.05, 0) is 30.5 Å². The molecule has 0 unspecified atom stereocenters. The van der Waals surface area contributed by atoms with Crippen LogP contribution in [0.5, 0.6) is 0 Å². The zero-order valence-corrected chi connectivity index (χ0v) is 14.1. The second-order valence-electron chi connectivity index (χ2n) is 6.92. The van der Waals surface area contributed by atoms with E-state index >= 15 is 0 Å². The Morgan fingerprint density at radius 2 is 2.00 bits per heavy atom. The number of benzene rings is 1. The predicted octanol–water partition coefficient (Wildman–Crippen LogP) is 1.99. The van der Waals surface area contributed by atoms with E-state index in [2.05, 4.69) is 11.3 Å². The molecule has 2 saturated heterocycles. The lowest BCUT2D eigenvalue weighted by Crippen LogP contribution is -2.49. The first-order chi connectivity index (χ1) is 12.2. The van der Waals surface area contributed by atoms with E-state index in [0.29, 0.717) is 18.3 Å². The van der Waals surface area contributed by atoms with E-state index in [1.807, 2.05) is 52.2 Å². The topological polar surface area (TPSA) is 65.2 Å². The van der Waals surface area contributed by atoms with Gasteiger partial charge in [0.25, 0.3) is 0 Å². The molecule has 2 aliphatic rings. The van der Waals surface area contributed by atoms with Gasteiger partial charge in [-0.2, -0.15) is 10.4 Å². The lowest BCUT2D eigenvalue weighted by atomic mass is 9.94. The number of amides is 1. The van der Waals surface area contributed by atoms with Crippen LogP contribution < -0.4 is 0 Å². The van der Waals surface area contributed by atoms with Crippen LogP contribution in [0.2, 0.25) is 0 Å². The van der Waals surface area contributed by atoms with Crippen molar-refractivity contribution in [2.45, 2.75) is 18.8 Å². The van der Waals surface area contributed by atoms with Crippen molar-refractivity contribution in [3.05, 3.63) is 48.3 Å². The fourth-order valence-electron chi connectivity index (χ4n) is 3.62. The van der Waals surface area contributed by atoms with E-state index in [1.54, 1.807) is 4.90 Å². The van der Waals surface area contributed by atoms with Gasteiger partial charge in [-0.25, -0.2) is 4.68 Å². The Bertz CT molecular complexity index is 788. The second kappa shape index (κ2) is 6.60. The molecular formula is C19H21N5O. The third-order valence-corrected chi connectivity index (χ3v) is 5.17. The van der Waals surface area contributed by atoms with Gasteiger partial charge in [0.1, 0.15) is 0 Å². The molecule has 3 heterocycles. The molecule has 2 fully saturated rings. The highest BCUT2D eigenvalue weighted by Gasteiger charge is 2.35. The van der Waals surface area contributed by atoms with Crippen molar-refractivity contribution < 1.29 is 4.79 Å². The van der Waals surface area contributed by atoms with Crippen molar-refractivity contribution in [1.82, 2.24) is 19.6 Å². The highest BCUT2D eigenvalue weighted by atomic mass is 16.2. The van der Waals surface area contributed by atoms with E-state index in [9.17, 15) is 4.79 Å². The van der Waals surface area contributed by atoms with Crippen LogP contribution in [0.4, 0.5) is 0 Å². The number of aromatic nitrogens is 2. The van der Waals surface area contributed by atoms with E-state index in [4.69, 9.17) is 5.26 Å². The molecule has 128 valence electrons. The lowest BCUT2D eigenvalue weighted by Gasteiger charge is -2.39. The van der Waals surface area contributed by atoms with Crippen LogP contribution in [0.1, 0.15) is 24.5 Å². The molecule has 1 aromatic heterocycles. The number of carbonyl (C=O) groups is 1. The molecule has 0 bridgehead atoms. The van der Waals surface area contributed by atoms with Gasteiger partial charge in [0.05, 0.1) is 11.4 Å². The number of para-hydroxylation sites is 1. The summed E-state index contributed by atoms with van der Waals surface area (Å²) in [6.45, 7) is 3.01. The molecule has 1 aromatic carbocycles. The molecule has 25 heavy (non-hydrogen) atoms. The van der Waals surface area contributed by atoms with Crippen LogP contribution in [0.15, 0.2) is 42.6 Å². The number of hydrogen-bond acceptors (Lipinski definition) is 4. The summed E-state index contributed by atoms with van der Waals surface area (Å²) in [4.78, 5) is 16.0. The van der Waals surface area contributed by atoms with Crippen molar-refractivity contribution >= 4 is 5.91 Å². The van der Waals surface area contributed by atoms with E-state index < -0.39 is 0 Å². The Kier molecular flexibility index (Phi) is 4.14. The summed E-state index contributed by atoms with van der Waals surface area (Å²) in [5.41, 5.74) is 2.09. The van der Waals surface area contributed by atoms with Crippen LogP contribution in [-0.2, 0) is 4.79 Å². The van der Waals surface area contributed by atoms with Crippen LogP contribution >= 0.6 is 0 Å².